The second-order valence-corrected chi connectivity index (χ2v) is 0. The zero-order valence-electron chi connectivity index (χ0n) is 1.79. The second-order valence-electron chi connectivity index (χ2n) is 0. The van der Waals surface area contributed by atoms with E-state index in [2.05, 4.69) is 15.9 Å². The third kappa shape index (κ3) is 8.86. The standard InChI is InChI=1S/Ce.Cu.La.O. The Hall–Kier alpha value is 2.89. The summed E-state index contributed by atoms with van der Waals surface area (Å²) in [4.78, 5) is 0. The van der Waals surface area contributed by atoms with Gasteiger partial charge in [-0.3, -0.25) is 0 Å². The van der Waals surface area contributed by atoms with Gasteiger partial charge in [-0.25, -0.2) is 0 Å². The van der Waals surface area contributed by atoms with Crippen molar-refractivity contribution in [3.63, 3.8) is 0 Å². The van der Waals surface area contributed by atoms with Gasteiger partial charge in [-0.15, -0.1) is 0 Å². The van der Waals surface area contributed by atoms with Crippen LogP contribution in [0.25, 0.3) is 0 Å². The van der Waals surface area contributed by atoms with Crippen LogP contribution in [0, 0.1) is 77.3 Å². The molecule has 0 saturated carbocycles. The molecule has 1 radical (unpaired) electrons. The van der Waals surface area contributed by atoms with Crippen LogP contribution < -0.4 is 0 Å². The molecule has 4 heteroatoms. The quantitative estimate of drug-likeness (QED) is 0.552. The fourth-order valence-electron chi connectivity index (χ4n) is 0. The summed E-state index contributed by atoms with van der Waals surface area (Å²) in [6, 6.07) is 0. The Kier molecular flexibility index (Phi) is 66.6. The van der Waals surface area contributed by atoms with Gasteiger partial charge in [-0.05, 0) is 0 Å². The van der Waals surface area contributed by atoms with Crippen LogP contribution in [-0.2, 0) is 19.8 Å². The van der Waals surface area contributed by atoms with Crippen molar-refractivity contribution in [1.82, 2.24) is 0 Å². The van der Waals surface area contributed by atoms with Gasteiger partial charge in [0, 0.05) is 77.3 Å². The zero-order valence-corrected chi connectivity index (χ0v) is 9.49. The van der Waals surface area contributed by atoms with Crippen LogP contribution in [0.1, 0.15) is 0 Å². The summed E-state index contributed by atoms with van der Waals surface area (Å²) in [5.74, 6) is 0. The Morgan fingerprint density at radius 2 is 1.25 bits per heavy atom. The molecule has 0 fully saturated rings. The van der Waals surface area contributed by atoms with Gasteiger partial charge in [0.15, 0.2) is 0 Å². The Morgan fingerprint density at radius 1 is 1.25 bits per heavy atom. The van der Waals surface area contributed by atoms with Gasteiger partial charge in [0.05, 0.1) is 0 Å². The minimum atomic E-state index is 0. The summed E-state index contributed by atoms with van der Waals surface area (Å²) in [5, 5.41) is 0. The van der Waals surface area contributed by atoms with Crippen molar-refractivity contribution in [1.29, 1.82) is 0 Å². The molecular formula is CeCuLaO. The molecule has 24 valence electrons. The van der Waals surface area contributed by atoms with Crippen molar-refractivity contribution in [3.05, 3.63) is 0 Å². The summed E-state index contributed by atoms with van der Waals surface area (Å²) in [6.07, 6.45) is 0. The Morgan fingerprint density at radius 3 is 1.25 bits per heavy atom. The number of hydrogen-bond donors (Lipinski definition) is 0. The van der Waals surface area contributed by atoms with Crippen LogP contribution in [0.15, 0.2) is 0 Å². The van der Waals surface area contributed by atoms with E-state index in [-0.39, 0.29) is 77.3 Å². The molecule has 0 heterocycles. The predicted molar refractivity (Wildman–Crippen MR) is 0.686 cm³/mol. The average Bonchev–Trinajstić information content (AvgIpc) is 1.00. The van der Waals surface area contributed by atoms with Crippen LogP contribution >= 0.6 is 0 Å². The molecule has 0 saturated heterocycles. The molecule has 0 unspecified atom stereocenters. The first-order valence-corrected chi connectivity index (χ1v) is 0.508. The zero-order chi connectivity index (χ0) is 2.00. The van der Waals surface area contributed by atoms with E-state index in [1.165, 1.54) is 0 Å². The number of hydrogen-bond acceptors (Lipinski definition) is 1. The molecular weight excluding hydrogens is 359 g/mol. The molecule has 0 amide bonds. The fraction of sp³-hybridized carbons (Fsp3) is 0. The van der Waals surface area contributed by atoms with E-state index < -0.39 is 0 Å². The molecule has 0 spiro atoms. The molecule has 1 nitrogen and oxygen atoms in total. The van der Waals surface area contributed by atoms with Crippen molar-refractivity contribution in [2.45, 2.75) is 0 Å². The van der Waals surface area contributed by atoms with Crippen molar-refractivity contribution in [2.24, 2.45) is 0 Å². The molecule has 0 aliphatic heterocycles. The second kappa shape index (κ2) is 16.9. The molecule has 0 atom stereocenters. The van der Waals surface area contributed by atoms with Crippen molar-refractivity contribution in [3.8, 4) is 0 Å². The van der Waals surface area contributed by atoms with E-state index in [1.54, 1.807) is 0 Å². The molecule has 0 aromatic heterocycles. The van der Waals surface area contributed by atoms with Crippen LogP contribution in [-0.4, -0.2) is 0 Å². The average molecular weight is 359 g/mol. The van der Waals surface area contributed by atoms with Gasteiger partial charge in [0.25, 0.3) is 0 Å². The molecule has 0 aliphatic rings. The first kappa shape index (κ1) is 15.8. The van der Waals surface area contributed by atoms with E-state index >= 15 is 0 Å². The van der Waals surface area contributed by atoms with E-state index in [0.717, 1.165) is 0 Å². The van der Waals surface area contributed by atoms with Crippen LogP contribution in [0.3, 0.4) is 0 Å². The van der Waals surface area contributed by atoms with E-state index in [1.807, 2.05) is 0 Å². The summed E-state index contributed by atoms with van der Waals surface area (Å²) in [7, 11) is 0. The predicted octanol–water partition coefficient (Wildman–Crippen LogP) is -0.121. The molecule has 0 N–H and O–H groups in total. The van der Waals surface area contributed by atoms with E-state index in [0.29, 0.717) is 0 Å². The van der Waals surface area contributed by atoms with Gasteiger partial charge in [-0.2, -0.15) is 0 Å². The van der Waals surface area contributed by atoms with Crippen molar-refractivity contribution in [2.75, 3.05) is 0 Å². The Balaban J connectivity index is -0.00000000500. The van der Waals surface area contributed by atoms with Gasteiger partial charge in [0.1, 0.15) is 0 Å². The fourth-order valence-corrected chi connectivity index (χ4v) is 0. The van der Waals surface area contributed by atoms with E-state index in [9.17, 15) is 0 Å². The number of rotatable bonds is 0. The van der Waals surface area contributed by atoms with Crippen LogP contribution in [0.2, 0.25) is 0 Å². The Bertz CT molecular complexity index is 8.00. The monoisotopic (exact) mass is 358 g/mol. The minimum absolute atomic E-state index is 0. The maximum absolute atomic E-state index is 7.81. The third-order valence-electron chi connectivity index (χ3n) is 0. The van der Waals surface area contributed by atoms with Crippen LogP contribution in [0.4, 0.5) is 0 Å². The summed E-state index contributed by atoms with van der Waals surface area (Å²) in [6.45, 7) is 0. The Labute approximate surface area is 94.7 Å². The maximum atomic E-state index is 7.81. The molecule has 0 aromatic rings. The summed E-state index contributed by atoms with van der Waals surface area (Å²) in [5.41, 5.74) is 0. The molecule has 0 aliphatic carbocycles. The van der Waals surface area contributed by atoms with Crippen LogP contribution in [0.5, 0.6) is 0 Å². The third-order valence-corrected chi connectivity index (χ3v) is 0. The molecule has 0 bridgehead atoms. The summed E-state index contributed by atoms with van der Waals surface area (Å²) >= 11 is 2.94. The first-order valence-electron chi connectivity index (χ1n) is 0.123. The normalized spacial score (nSPS) is 1.50. The first-order chi connectivity index (χ1) is 1.00. The van der Waals surface area contributed by atoms with Gasteiger partial charge in [-0.1, -0.05) is 0 Å². The van der Waals surface area contributed by atoms with Crippen molar-refractivity contribution >= 4 is 0 Å². The summed E-state index contributed by atoms with van der Waals surface area (Å²) < 4.78 is 7.81. The van der Waals surface area contributed by atoms with Gasteiger partial charge < -0.3 is 0 Å². The van der Waals surface area contributed by atoms with Crippen molar-refractivity contribution < 1.29 is 97.1 Å². The SMILES string of the molecule is [Ce].[La].[O]=[Cu]. The van der Waals surface area contributed by atoms with Gasteiger partial charge in [0.2, 0.25) is 0 Å². The molecule has 0 rings (SSSR count). The van der Waals surface area contributed by atoms with Gasteiger partial charge >= 0.3 is 19.8 Å². The van der Waals surface area contributed by atoms with E-state index in [4.69, 9.17) is 3.83 Å². The topological polar surface area (TPSA) is 17.1 Å². The molecule has 0 aromatic carbocycles. The molecule has 4 heavy (non-hydrogen) atoms.